The second-order valence-corrected chi connectivity index (χ2v) is 9.97. The highest BCUT2D eigenvalue weighted by atomic mass is 16.5. The first-order valence-electron chi connectivity index (χ1n) is 15.3. The van der Waals surface area contributed by atoms with Crippen LogP contribution < -0.4 is 10.6 Å². The van der Waals surface area contributed by atoms with Gasteiger partial charge in [-0.05, 0) is 39.5 Å². The minimum absolute atomic E-state index is 0.0547. The van der Waals surface area contributed by atoms with Gasteiger partial charge in [-0.2, -0.15) is 0 Å². The summed E-state index contributed by atoms with van der Waals surface area (Å²) in [6.45, 7) is 5.53. The fraction of sp³-hybridized carbons (Fsp3) is 0.867. The maximum Gasteiger partial charge on any atom is 0.305 e. The molecule has 222 valence electrons. The highest BCUT2D eigenvalue weighted by molar-refractivity contribution is 5.77. The largest absolute Gasteiger partial charge is 0.466 e. The zero-order valence-corrected chi connectivity index (χ0v) is 24.4. The Balaban J connectivity index is 3.35. The Kier molecular flexibility index (Phi) is 26.3. The van der Waals surface area contributed by atoms with Crippen molar-refractivity contribution in [2.45, 2.75) is 142 Å². The maximum atomic E-state index is 11.9. The fourth-order valence-electron chi connectivity index (χ4n) is 4.28. The Hall–Kier alpha value is -2.12. The lowest BCUT2D eigenvalue weighted by molar-refractivity contribution is -0.144. The van der Waals surface area contributed by atoms with Gasteiger partial charge in [0.1, 0.15) is 0 Å². The second-order valence-electron chi connectivity index (χ2n) is 9.97. The number of hydrogen-bond donors (Lipinski definition) is 2. The Morgan fingerprint density at radius 3 is 0.974 bits per heavy atom. The number of amides is 2. The molecule has 0 unspecified atom stereocenters. The van der Waals surface area contributed by atoms with E-state index in [4.69, 9.17) is 9.47 Å². The van der Waals surface area contributed by atoms with Gasteiger partial charge in [-0.25, -0.2) is 0 Å². The van der Waals surface area contributed by atoms with E-state index in [0.29, 0.717) is 52.0 Å². The molecular weight excluding hydrogens is 484 g/mol. The molecule has 8 heteroatoms. The molecule has 2 N–H and O–H groups in total. The summed E-state index contributed by atoms with van der Waals surface area (Å²) in [5.41, 5.74) is 0. The van der Waals surface area contributed by atoms with Crippen LogP contribution >= 0.6 is 0 Å². The van der Waals surface area contributed by atoms with Crippen molar-refractivity contribution in [3.63, 3.8) is 0 Å². The van der Waals surface area contributed by atoms with E-state index in [1.54, 1.807) is 0 Å². The van der Waals surface area contributed by atoms with Gasteiger partial charge in [-0.3, -0.25) is 19.2 Å². The van der Waals surface area contributed by atoms with E-state index in [-0.39, 0.29) is 23.8 Å². The summed E-state index contributed by atoms with van der Waals surface area (Å²) < 4.78 is 9.84. The zero-order valence-electron chi connectivity index (χ0n) is 24.4. The van der Waals surface area contributed by atoms with E-state index in [0.717, 1.165) is 77.0 Å². The summed E-state index contributed by atoms with van der Waals surface area (Å²) in [7, 11) is 0. The van der Waals surface area contributed by atoms with Crippen LogP contribution in [0.25, 0.3) is 0 Å². The minimum Gasteiger partial charge on any atom is -0.466 e. The summed E-state index contributed by atoms with van der Waals surface area (Å²) in [5, 5.41) is 5.76. The molecule has 0 aliphatic carbocycles. The maximum absolute atomic E-state index is 11.9. The lowest BCUT2D eigenvalue weighted by atomic mass is 10.1. The number of ether oxygens (including phenoxy) is 2. The second kappa shape index (κ2) is 27.9. The van der Waals surface area contributed by atoms with E-state index in [9.17, 15) is 19.2 Å². The van der Waals surface area contributed by atoms with Crippen LogP contribution in [0.15, 0.2) is 0 Å². The van der Waals surface area contributed by atoms with Gasteiger partial charge in [0.15, 0.2) is 0 Å². The Morgan fingerprint density at radius 1 is 0.421 bits per heavy atom. The van der Waals surface area contributed by atoms with E-state index < -0.39 is 0 Å². The first kappa shape index (κ1) is 35.9. The van der Waals surface area contributed by atoms with Crippen LogP contribution in [0.4, 0.5) is 0 Å². The fourth-order valence-corrected chi connectivity index (χ4v) is 4.28. The molecule has 0 fully saturated rings. The van der Waals surface area contributed by atoms with Crippen molar-refractivity contribution in [3.05, 3.63) is 0 Å². The van der Waals surface area contributed by atoms with Crippen LogP contribution in [0.3, 0.4) is 0 Å². The van der Waals surface area contributed by atoms with Crippen molar-refractivity contribution in [3.8, 4) is 0 Å². The third-order valence-electron chi connectivity index (χ3n) is 6.45. The number of hydrogen-bond acceptors (Lipinski definition) is 6. The highest BCUT2D eigenvalue weighted by Crippen LogP contribution is 2.12. The number of rotatable bonds is 27. The van der Waals surface area contributed by atoms with Crippen LogP contribution in [0.1, 0.15) is 142 Å². The monoisotopic (exact) mass is 540 g/mol. The summed E-state index contributed by atoms with van der Waals surface area (Å²) in [6.07, 6.45) is 19.2. The standard InChI is InChI=1S/C30H56N2O6/c1-3-37-29(35)23-19-15-11-7-5-9-13-17-21-27(33)31-25-26-32-28(34)22-18-14-10-6-8-12-16-20-24-30(36)38-4-2/h3-26H2,1-2H3,(H,31,33)(H,32,34). The normalized spacial score (nSPS) is 10.7. The Morgan fingerprint density at radius 2 is 0.684 bits per heavy atom. The summed E-state index contributed by atoms with van der Waals surface area (Å²) in [5.74, 6) is -0.0788. The lowest BCUT2D eigenvalue weighted by Crippen LogP contribution is -2.34. The molecule has 0 atom stereocenters. The average molecular weight is 541 g/mol. The van der Waals surface area contributed by atoms with Gasteiger partial charge in [-0.1, -0.05) is 77.0 Å². The third kappa shape index (κ3) is 26.9. The number of unbranched alkanes of at least 4 members (excludes halogenated alkanes) is 14. The molecule has 0 heterocycles. The molecule has 0 aromatic rings. The summed E-state index contributed by atoms with van der Waals surface area (Å²) >= 11 is 0. The Bertz CT molecular complexity index is 560. The molecule has 8 nitrogen and oxygen atoms in total. The van der Waals surface area contributed by atoms with Gasteiger partial charge in [-0.15, -0.1) is 0 Å². The van der Waals surface area contributed by atoms with Crippen molar-refractivity contribution >= 4 is 23.8 Å². The summed E-state index contributed by atoms with van der Waals surface area (Å²) in [6, 6.07) is 0. The molecule has 38 heavy (non-hydrogen) atoms. The number of esters is 2. The SMILES string of the molecule is CCOC(=O)CCCCCCCCCCC(=O)NCCNC(=O)CCCCCCCCCCC(=O)OCC. The zero-order chi connectivity index (χ0) is 28.1. The predicted octanol–water partition coefficient (Wildman–Crippen LogP) is 6.15. The predicted molar refractivity (Wildman–Crippen MR) is 152 cm³/mol. The molecule has 0 radical (unpaired) electrons. The molecule has 0 bridgehead atoms. The third-order valence-corrected chi connectivity index (χ3v) is 6.45. The van der Waals surface area contributed by atoms with Crippen molar-refractivity contribution in [2.75, 3.05) is 26.3 Å². The van der Waals surface area contributed by atoms with E-state index >= 15 is 0 Å². The number of carbonyl (C=O) groups is 4. The van der Waals surface area contributed by atoms with Crippen molar-refractivity contribution in [1.82, 2.24) is 10.6 Å². The quantitative estimate of drug-likeness (QED) is 0.0955. The molecule has 0 aromatic carbocycles. The van der Waals surface area contributed by atoms with Crippen LogP contribution in [0.5, 0.6) is 0 Å². The molecule has 0 aliphatic heterocycles. The van der Waals surface area contributed by atoms with E-state index in [1.807, 2.05) is 13.8 Å². The Labute approximate surface area is 231 Å². The average Bonchev–Trinajstić information content (AvgIpc) is 2.89. The van der Waals surface area contributed by atoms with E-state index in [2.05, 4.69) is 10.6 Å². The molecular formula is C30H56N2O6. The first-order valence-corrected chi connectivity index (χ1v) is 15.3. The summed E-state index contributed by atoms with van der Waals surface area (Å²) in [4.78, 5) is 46.4. The minimum atomic E-state index is -0.0941. The molecule has 0 spiro atoms. The van der Waals surface area contributed by atoms with Gasteiger partial charge in [0.25, 0.3) is 0 Å². The van der Waals surface area contributed by atoms with Crippen molar-refractivity contribution in [2.24, 2.45) is 0 Å². The molecule has 0 saturated heterocycles. The number of nitrogens with one attached hydrogen (secondary N) is 2. The van der Waals surface area contributed by atoms with Crippen LogP contribution in [-0.2, 0) is 28.7 Å². The lowest BCUT2D eigenvalue weighted by Gasteiger charge is -2.07. The van der Waals surface area contributed by atoms with Crippen LogP contribution in [0, 0.1) is 0 Å². The van der Waals surface area contributed by atoms with Crippen molar-refractivity contribution in [1.29, 1.82) is 0 Å². The molecule has 0 aromatic heterocycles. The van der Waals surface area contributed by atoms with Gasteiger partial charge >= 0.3 is 11.9 Å². The smallest absolute Gasteiger partial charge is 0.305 e. The molecule has 0 rings (SSSR count). The highest BCUT2D eigenvalue weighted by Gasteiger charge is 2.04. The van der Waals surface area contributed by atoms with Crippen LogP contribution in [-0.4, -0.2) is 50.1 Å². The van der Waals surface area contributed by atoms with Gasteiger partial charge < -0.3 is 20.1 Å². The van der Waals surface area contributed by atoms with Gasteiger partial charge in [0.2, 0.25) is 11.8 Å². The number of carbonyl (C=O) groups excluding carboxylic acids is 4. The van der Waals surface area contributed by atoms with Crippen LogP contribution in [0.2, 0.25) is 0 Å². The molecule has 0 aliphatic rings. The molecule has 0 saturated carbocycles. The van der Waals surface area contributed by atoms with E-state index in [1.165, 1.54) is 25.7 Å². The van der Waals surface area contributed by atoms with Gasteiger partial charge in [0, 0.05) is 38.8 Å². The molecule has 2 amide bonds. The van der Waals surface area contributed by atoms with Gasteiger partial charge in [0.05, 0.1) is 13.2 Å². The first-order chi connectivity index (χ1) is 18.5. The topological polar surface area (TPSA) is 111 Å². The van der Waals surface area contributed by atoms with Crippen molar-refractivity contribution < 1.29 is 28.7 Å².